The average molecular weight is 314 g/mol. The number of hydrogen-bond acceptors (Lipinski definition) is 5. The second-order valence-corrected chi connectivity index (χ2v) is 7.03. The summed E-state index contributed by atoms with van der Waals surface area (Å²) in [6.45, 7) is 12.7. The van der Waals surface area contributed by atoms with Gasteiger partial charge in [0.1, 0.15) is 0 Å². The summed E-state index contributed by atoms with van der Waals surface area (Å²) in [6.07, 6.45) is 0. The maximum atomic E-state index is 5.61. The Bertz CT molecular complexity index is 637. The van der Waals surface area contributed by atoms with Crippen LogP contribution in [0.4, 0.5) is 0 Å². The molecule has 0 bridgehead atoms. The lowest BCUT2D eigenvalue weighted by molar-refractivity contribution is -0.00748. The SMILES string of the molecule is Cc1nnc([C@@H](C)N2CCN(Cc3ccccc3)C(C)(C)C2)o1. The van der Waals surface area contributed by atoms with Crippen LogP contribution in [0.1, 0.15) is 44.2 Å². The summed E-state index contributed by atoms with van der Waals surface area (Å²) >= 11 is 0. The highest BCUT2D eigenvalue weighted by atomic mass is 16.4. The van der Waals surface area contributed by atoms with Crippen molar-refractivity contribution in [3.05, 3.63) is 47.7 Å². The Balaban J connectivity index is 1.67. The van der Waals surface area contributed by atoms with Crippen molar-refractivity contribution in [2.45, 2.75) is 45.8 Å². The molecule has 1 fully saturated rings. The van der Waals surface area contributed by atoms with Crippen LogP contribution < -0.4 is 0 Å². The molecule has 3 rings (SSSR count). The van der Waals surface area contributed by atoms with Crippen LogP contribution in [0.25, 0.3) is 0 Å². The number of nitrogens with zero attached hydrogens (tertiary/aromatic N) is 4. The minimum absolute atomic E-state index is 0.109. The third-order valence-electron chi connectivity index (χ3n) is 4.77. The van der Waals surface area contributed by atoms with Gasteiger partial charge in [0.05, 0.1) is 6.04 Å². The third kappa shape index (κ3) is 3.62. The molecule has 0 radical (unpaired) electrons. The van der Waals surface area contributed by atoms with E-state index in [4.69, 9.17) is 4.42 Å². The van der Waals surface area contributed by atoms with Crippen molar-refractivity contribution >= 4 is 0 Å². The Kier molecular flexibility index (Phi) is 4.50. The highest BCUT2D eigenvalue weighted by Gasteiger charge is 2.36. The van der Waals surface area contributed by atoms with E-state index in [0.717, 1.165) is 32.1 Å². The first-order valence-corrected chi connectivity index (χ1v) is 8.29. The maximum absolute atomic E-state index is 5.61. The molecule has 1 aliphatic rings. The summed E-state index contributed by atoms with van der Waals surface area (Å²) in [5.74, 6) is 1.35. The zero-order valence-corrected chi connectivity index (χ0v) is 14.5. The van der Waals surface area contributed by atoms with E-state index < -0.39 is 0 Å². The van der Waals surface area contributed by atoms with Crippen molar-refractivity contribution in [3.63, 3.8) is 0 Å². The predicted octanol–water partition coefficient (Wildman–Crippen LogP) is 3.04. The molecule has 1 saturated heterocycles. The second-order valence-electron chi connectivity index (χ2n) is 7.03. The summed E-state index contributed by atoms with van der Waals surface area (Å²) in [5.41, 5.74) is 1.48. The van der Waals surface area contributed by atoms with Crippen LogP contribution in [0, 0.1) is 6.92 Å². The molecule has 23 heavy (non-hydrogen) atoms. The normalized spacial score (nSPS) is 20.5. The van der Waals surface area contributed by atoms with Gasteiger partial charge in [-0.15, -0.1) is 10.2 Å². The molecule has 0 aliphatic carbocycles. The van der Waals surface area contributed by atoms with Crippen LogP contribution in [0.2, 0.25) is 0 Å². The molecule has 2 aromatic rings. The van der Waals surface area contributed by atoms with Gasteiger partial charge in [-0.3, -0.25) is 9.80 Å². The first-order valence-electron chi connectivity index (χ1n) is 8.29. The molecule has 0 N–H and O–H groups in total. The molecule has 124 valence electrons. The summed E-state index contributed by atoms with van der Waals surface area (Å²) in [4.78, 5) is 5.00. The Morgan fingerprint density at radius 1 is 1.17 bits per heavy atom. The molecule has 1 atom stereocenters. The monoisotopic (exact) mass is 314 g/mol. The topological polar surface area (TPSA) is 45.4 Å². The van der Waals surface area contributed by atoms with Gasteiger partial charge in [0, 0.05) is 38.6 Å². The quantitative estimate of drug-likeness (QED) is 0.868. The van der Waals surface area contributed by atoms with E-state index in [2.05, 4.69) is 71.1 Å². The van der Waals surface area contributed by atoms with Crippen molar-refractivity contribution in [2.24, 2.45) is 0 Å². The largest absolute Gasteiger partial charge is 0.424 e. The second kappa shape index (κ2) is 6.42. The summed E-state index contributed by atoms with van der Waals surface area (Å²) < 4.78 is 5.61. The molecule has 5 nitrogen and oxygen atoms in total. The molecule has 0 spiro atoms. The number of aryl methyl sites for hydroxylation is 1. The van der Waals surface area contributed by atoms with Crippen LogP contribution in [0.3, 0.4) is 0 Å². The van der Waals surface area contributed by atoms with Crippen molar-refractivity contribution in [1.82, 2.24) is 20.0 Å². The van der Waals surface area contributed by atoms with Gasteiger partial charge >= 0.3 is 0 Å². The predicted molar refractivity (Wildman–Crippen MR) is 90.0 cm³/mol. The molecular weight excluding hydrogens is 288 g/mol. The molecule has 2 heterocycles. The van der Waals surface area contributed by atoms with E-state index in [-0.39, 0.29) is 11.6 Å². The molecule has 0 unspecified atom stereocenters. The van der Waals surface area contributed by atoms with Gasteiger partial charge in [0.15, 0.2) is 0 Å². The van der Waals surface area contributed by atoms with E-state index in [1.54, 1.807) is 0 Å². The minimum atomic E-state index is 0.109. The summed E-state index contributed by atoms with van der Waals surface area (Å²) in [6, 6.07) is 10.9. The molecule has 1 aliphatic heterocycles. The van der Waals surface area contributed by atoms with Gasteiger partial charge in [-0.25, -0.2) is 0 Å². The van der Waals surface area contributed by atoms with E-state index in [9.17, 15) is 0 Å². The van der Waals surface area contributed by atoms with E-state index in [0.29, 0.717) is 5.89 Å². The molecule has 0 amide bonds. The molecule has 1 aromatic carbocycles. The highest BCUT2D eigenvalue weighted by Crippen LogP contribution is 2.28. The fraction of sp³-hybridized carbons (Fsp3) is 0.556. The van der Waals surface area contributed by atoms with E-state index in [1.807, 2.05) is 6.92 Å². The number of benzene rings is 1. The molecule has 1 aromatic heterocycles. The number of rotatable bonds is 4. The van der Waals surface area contributed by atoms with Crippen LogP contribution in [0.5, 0.6) is 0 Å². The average Bonchev–Trinajstić information content (AvgIpc) is 2.96. The summed E-state index contributed by atoms with van der Waals surface area (Å²) in [5, 5.41) is 8.14. The highest BCUT2D eigenvalue weighted by molar-refractivity contribution is 5.15. The van der Waals surface area contributed by atoms with Crippen LogP contribution >= 0.6 is 0 Å². The van der Waals surface area contributed by atoms with E-state index >= 15 is 0 Å². The maximum Gasteiger partial charge on any atom is 0.233 e. The molecule has 0 saturated carbocycles. The van der Waals surface area contributed by atoms with Gasteiger partial charge in [-0.2, -0.15) is 0 Å². The number of hydrogen-bond donors (Lipinski definition) is 0. The van der Waals surface area contributed by atoms with Crippen molar-refractivity contribution in [3.8, 4) is 0 Å². The van der Waals surface area contributed by atoms with Crippen LogP contribution in [0.15, 0.2) is 34.7 Å². The third-order valence-corrected chi connectivity index (χ3v) is 4.77. The zero-order chi connectivity index (χ0) is 16.4. The standard InChI is InChI=1S/C18H26N4O/c1-14(17-20-19-15(2)23-17)21-10-11-22(18(3,4)13-21)12-16-8-6-5-7-9-16/h5-9,14H,10-13H2,1-4H3/t14-/m1/s1. The van der Waals surface area contributed by atoms with Gasteiger partial charge in [-0.05, 0) is 26.3 Å². The molecular formula is C18H26N4O. The fourth-order valence-electron chi connectivity index (χ4n) is 3.29. The van der Waals surface area contributed by atoms with Crippen molar-refractivity contribution in [2.75, 3.05) is 19.6 Å². The first kappa shape index (κ1) is 16.1. The van der Waals surface area contributed by atoms with E-state index in [1.165, 1.54) is 5.56 Å². The molecule has 5 heteroatoms. The fourth-order valence-corrected chi connectivity index (χ4v) is 3.29. The van der Waals surface area contributed by atoms with Crippen LogP contribution in [-0.4, -0.2) is 45.2 Å². The lowest BCUT2D eigenvalue weighted by Gasteiger charge is -2.48. The van der Waals surface area contributed by atoms with Crippen molar-refractivity contribution in [1.29, 1.82) is 0 Å². The smallest absolute Gasteiger partial charge is 0.233 e. The zero-order valence-electron chi connectivity index (χ0n) is 14.5. The van der Waals surface area contributed by atoms with Crippen LogP contribution in [-0.2, 0) is 6.54 Å². The van der Waals surface area contributed by atoms with Crippen molar-refractivity contribution < 1.29 is 4.42 Å². The Hall–Kier alpha value is -1.72. The minimum Gasteiger partial charge on any atom is -0.424 e. The Morgan fingerprint density at radius 3 is 2.52 bits per heavy atom. The number of aromatic nitrogens is 2. The summed E-state index contributed by atoms with van der Waals surface area (Å²) in [7, 11) is 0. The van der Waals surface area contributed by atoms with Gasteiger partial charge in [0.25, 0.3) is 0 Å². The van der Waals surface area contributed by atoms with Gasteiger partial charge < -0.3 is 4.42 Å². The Morgan fingerprint density at radius 2 is 1.91 bits per heavy atom. The lowest BCUT2D eigenvalue weighted by atomic mass is 9.96. The Labute approximate surface area is 138 Å². The van der Waals surface area contributed by atoms with Gasteiger partial charge in [-0.1, -0.05) is 30.3 Å². The van der Waals surface area contributed by atoms with Gasteiger partial charge in [0.2, 0.25) is 11.8 Å². The first-order chi connectivity index (χ1) is 11.0. The number of piperazine rings is 1. The lowest BCUT2D eigenvalue weighted by Crippen LogP contribution is -2.59.